The third-order valence-corrected chi connectivity index (χ3v) is 4.56. The molecule has 3 heterocycles. The first kappa shape index (κ1) is 16.5. The molecule has 0 saturated carbocycles. The molecule has 1 atom stereocenters. The maximum Gasteiger partial charge on any atom is 0.272 e. The molecule has 1 aliphatic rings. The van der Waals surface area contributed by atoms with Crippen molar-refractivity contribution >= 4 is 22.6 Å². The van der Waals surface area contributed by atoms with Gasteiger partial charge in [0, 0.05) is 36.3 Å². The third kappa shape index (κ3) is 3.11. The number of benzene rings is 1. The summed E-state index contributed by atoms with van der Waals surface area (Å²) in [5.74, 6) is 1.02. The van der Waals surface area contributed by atoms with E-state index in [1.54, 1.807) is 0 Å². The van der Waals surface area contributed by atoms with Crippen LogP contribution in [0.4, 0.5) is 5.82 Å². The lowest BCUT2D eigenvalue weighted by Gasteiger charge is -2.18. The van der Waals surface area contributed by atoms with Gasteiger partial charge in [-0.1, -0.05) is 18.2 Å². The predicted molar refractivity (Wildman–Crippen MR) is 96.9 cm³/mol. The number of anilines is 1. The lowest BCUT2D eigenvalue weighted by atomic mass is 10.2. The van der Waals surface area contributed by atoms with Crippen LogP contribution in [0, 0.1) is 6.92 Å². The highest BCUT2D eigenvalue weighted by Gasteiger charge is 2.26. The summed E-state index contributed by atoms with van der Waals surface area (Å²) in [4.78, 5) is 23.3. The van der Waals surface area contributed by atoms with Crippen molar-refractivity contribution in [2.45, 2.75) is 26.0 Å². The van der Waals surface area contributed by atoms with E-state index in [4.69, 9.17) is 0 Å². The maximum absolute atomic E-state index is 12.6. The normalized spacial score (nSPS) is 17.0. The monoisotopic (exact) mass is 352 g/mol. The Morgan fingerprint density at radius 2 is 2.23 bits per heavy atom. The molecule has 0 unspecified atom stereocenters. The van der Waals surface area contributed by atoms with Crippen molar-refractivity contribution in [2.24, 2.45) is 0 Å². The van der Waals surface area contributed by atoms with Crippen LogP contribution >= 0.6 is 0 Å². The summed E-state index contributed by atoms with van der Waals surface area (Å²) >= 11 is 0. The predicted octanol–water partition coefficient (Wildman–Crippen LogP) is 1.16. The first-order chi connectivity index (χ1) is 12.6. The van der Waals surface area contributed by atoms with Crippen LogP contribution in [-0.4, -0.2) is 50.3 Å². The molecule has 4 rings (SSSR count). The van der Waals surface area contributed by atoms with Gasteiger partial charge >= 0.3 is 0 Å². The number of aromatic nitrogens is 4. The van der Waals surface area contributed by atoms with Gasteiger partial charge in [-0.15, -0.1) is 0 Å². The van der Waals surface area contributed by atoms with Crippen molar-refractivity contribution < 1.29 is 9.90 Å². The number of aromatic amines is 1. The summed E-state index contributed by atoms with van der Waals surface area (Å²) in [6.07, 6.45) is 0.825. The molecule has 1 aliphatic heterocycles. The van der Waals surface area contributed by atoms with Crippen LogP contribution in [0.25, 0.3) is 10.9 Å². The average molecular weight is 352 g/mol. The summed E-state index contributed by atoms with van der Waals surface area (Å²) in [6, 6.07) is 9.49. The van der Waals surface area contributed by atoms with Crippen LogP contribution in [0.5, 0.6) is 0 Å². The average Bonchev–Trinajstić information content (AvgIpc) is 3.28. The Morgan fingerprint density at radius 3 is 3.08 bits per heavy atom. The Labute approximate surface area is 150 Å². The first-order valence-electron chi connectivity index (χ1n) is 8.58. The number of H-pyrrole nitrogens is 1. The molecule has 0 bridgehead atoms. The van der Waals surface area contributed by atoms with E-state index in [9.17, 15) is 9.90 Å². The second-order valence-corrected chi connectivity index (χ2v) is 6.46. The molecule has 26 heavy (non-hydrogen) atoms. The number of carbonyl (C=O) groups is 1. The van der Waals surface area contributed by atoms with Crippen LogP contribution < -0.4 is 10.2 Å². The highest BCUT2D eigenvalue weighted by Crippen LogP contribution is 2.20. The first-order valence-corrected chi connectivity index (χ1v) is 8.58. The molecule has 0 aliphatic carbocycles. The number of rotatable bonds is 4. The number of hydrogen-bond acceptors (Lipinski definition) is 6. The van der Waals surface area contributed by atoms with Crippen LogP contribution in [0.1, 0.15) is 28.4 Å². The summed E-state index contributed by atoms with van der Waals surface area (Å²) in [5, 5.41) is 20.2. The molecule has 8 heteroatoms. The molecule has 2 aromatic heterocycles. The molecule has 8 nitrogen and oxygen atoms in total. The van der Waals surface area contributed by atoms with Gasteiger partial charge < -0.3 is 15.3 Å². The minimum atomic E-state index is -0.186. The maximum atomic E-state index is 12.6. The highest BCUT2D eigenvalue weighted by atomic mass is 16.3. The number of aliphatic hydroxyl groups is 1. The Bertz CT molecular complexity index is 954. The van der Waals surface area contributed by atoms with Crippen molar-refractivity contribution in [3.63, 3.8) is 0 Å². The second-order valence-electron chi connectivity index (χ2n) is 6.46. The SMILES string of the molecule is Cc1cc(N2CC[C@H](NC(=O)c3n[nH]c4ccccc34)C2)nc(CO)n1. The number of para-hydroxylation sites is 1. The number of aryl methyl sites for hydroxylation is 1. The van der Waals surface area contributed by atoms with Crippen molar-refractivity contribution in [3.8, 4) is 0 Å². The van der Waals surface area contributed by atoms with Gasteiger partial charge in [-0.05, 0) is 19.4 Å². The molecule has 0 radical (unpaired) electrons. The Morgan fingerprint density at radius 1 is 1.38 bits per heavy atom. The number of amides is 1. The van der Waals surface area contributed by atoms with Crippen molar-refractivity contribution in [2.75, 3.05) is 18.0 Å². The van der Waals surface area contributed by atoms with E-state index in [0.717, 1.165) is 35.4 Å². The van der Waals surface area contributed by atoms with Crippen molar-refractivity contribution in [1.82, 2.24) is 25.5 Å². The molecule has 1 amide bonds. The van der Waals surface area contributed by atoms with E-state index in [1.807, 2.05) is 37.3 Å². The fraction of sp³-hybridized carbons (Fsp3) is 0.333. The smallest absolute Gasteiger partial charge is 0.272 e. The zero-order valence-electron chi connectivity index (χ0n) is 14.4. The van der Waals surface area contributed by atoms with E-state index in [-0.39, 0.29) is 18.6 Å². The quantitative estimate of drug-likeness (QED) is 0.650. The van der Waals surface area contributed by atoms with Gasteiger partial charge in [0.2, 0.25) is 0 Å². The van der Waals surface area contributed by atoms with Crippen LogP contribution in [0.15, 0.2) is 30.3 Å². The Hall–Kier alpha value is -3.00. The highest BCUT2D eigenvalue weighted by molar-refractivity contribution is 6.04. The molecule has 1 fully saturated rings. The Kier molecular flexibility index (Phi) is 4.26. The number of carbonyl (C=O) groups excluding carboxylic acids is 1. The van der Waals surface area contributed by atoms with Gasteiger partial charge in [0.25, 0.3) is 5.91 Å². The lowest BCUT2D eigenvalue weighted by Crippen LogP contribution is -2.37. The van der Waals surface area contributed by atoms with Crippen LogP contribution in [-0.2, 0) is 6.61 Å². The topological polar surface area (TPSA) is 107 Å². The van der Waals surface area contributed by atoms with Crippen LogP contribution in [0.3, 0.4) is 0 Å². The molecule has 3 N–H and O–H groups in total. The number of fused-ring (bicyclic) bond motifs is 1. The molecule has 134 valence electrons. The van der Waals surface area contributed by atoms with E-state index >= 15 is 0 Å². The zero-order chi connectivity index (χ0) is 18.1. The largest absolute Gasteiger partial charge is 0.388 e. The molecule has 1 aromatic carbocycles. The third-order valence-electron chi connectivity index (χ3n) is 4.56. The molecular weight excluding hydrogens is 332 g/mol. The number of nitrogens with zero attached hydrogens (tertiary/aromatic N) is 4. The van der Waals surface area contributed by atoms with E-state index in [1.165, 1.54) is 0 Å². The number of nitrogens with one attached hydrogen (secondary N) is 2. The summed E-state index contributed by atoms with van der Waals surface area (Å²) in [7, 11) is 0. The number of aliphatic hydroxyl groups excluding tert-OH is 1. The zero-order valence-corrected chi connectivity index (χ0v) is 14.4. The minimum absolute atomic E-state index is 0.0193. The van der Waals surface area contributed by atoms with E-state index in [2.05, 4.69) is 30.4 Å². The van der Waals surface area contributed by atoms with Crippen LogP contribution in [0.2, 0.25) is 0 Å². The van der Waals surface area contributed by atoms with Gasteiger partial charge in [-0.2, -0.15) is 5.10 Å². The van der Waals surface area contributed by atoms with Gasteiger partial charge in [-0.3, -0.25) is 9.89 Å². The standard InChI is InChI=1S/C18H20N6O2/c1-11-8-16(21-15(10-25)19-11)24-7-6-12(9-24)20-18(26)17-13-4-2-3-5-14(13)22-23-17/h2-5,8,12,25H,6-7,9-10H2,1H3,(H,20,26)(H,22,23)/t12-/m0/s1. The molecule has 1 saturated heterocycles. The Balaban J connectivity index is 1.46. The summed E-state index contributed by atoms with van der Waals surface area (Å²) in [5.41, 5.74) is 2.08. The second kappa shape index (κ2) is 6.72. The molecule has 3 aromatic rings. The summed E-state index contributed by atoms with van der Waals surface area (Å²) < 4.78 is 0. The fourth-order valence-corrected chi connectivity index (χ4v) is 3.32. The van der Waals surface area contributed by atoms with Gasteiger partial charge in [-0.25, -0.2) is 9.97 Å². The minimum Gasteiger partial charge on any atom is -0.388 e. The van der Waals surface area contributed by atoms with E-state index < -0.39 is 0 Å². The molecular formula is C18H20N6O2. The number of hydrogen-bond donors (Lipinski definition) is 3. The summed E-state index contributed by atoms with van der Waals surface area (Å²) in [6.45, 7) is 3.14. The molecule has 0 spiro atoms. The van der Waals surface area contributed by atoms with Crippen molar-refractivity contribution in [1.29, 1.82) is 0 Å². The lowest BCUT2D eigenvalue weighted by molar-refractivity contribution is 0.0937. The van der Waals surface area contributed by atoms with Gasteiger partial charge in [0.1, 0.15) is 12.4 Å². The van der Waals surface area contributed by atoms with Crippen molar-refractivity contribution in [3.05, 3.63) is 47.5 Å². The van der Waals surface area contributed by atoms with Gasteiger partial charge in [0.05, 0.1) is 5.52 Å². The van der Waals surface area contributed by atoms with E-state index in [0.29, 0.717) is 18.1 Å². The van der Waals surface area contributed by atoms with Gasteiger partial charge in [0.15, 0.2) is 11.5 Å². The fourth-order valence-electron chi connectivity index (χ4n) is 3.32.